The van der Waals surface area contributed by atoms with Crippen molar-refractivity contribution in [3.63, 3.8) is 0 Å². The first kappa shape index (κ1) is 12.4. The second-order valence-electron chi connectivity index (χ2n) is 3.82. The Morgan fingerprint density at radius 2 is 2.00 bits per heavy atom. The first-order valence-electron chi connectivity index (χ1n) is 5.25. The number of alkyl halides is 3. The summed E-state index contributed by atoms with van der Waals surface area (Å²) in [7, 11) is 1.86. The first-order chi connectivity index (χ1) is 8.00. The fraction of sp³-hybridized carbons (Fsp3) is 0.333. The average molecular weight is 259 g/mol. The number of hydrogen-bond acceptors (Lipinski definition) is 2. The lowest BCUT2D eigenvalue weighted by Gasteiger charge is -2.05. The molecule has 0 radical (unpaired) electrons. The van der Waals surface area contributed by atoms with E-state index in [4.69, 9.17) is 0 Å². The summed E-state index contributed by atoms with van der Waals surface area (Å²) in [4.78, 5) is 1.11. The zero-order chi connectivity index (χ0) is 12.5. The monoisotopic (exact) mass is 259 g/mol. The molecule has 0 unspecified atom stereocenters. The maximum atomic E-state index is 12.5. The van der Waals surface area contributed by atoms with E-state index in [1.165, 1.54) is 23.5 Å². The van der Waals surface area contributed by atoms with Crippen LogP contribution in [-0.4, -0.2) is 13.6 Å². The fourth-order valence-corrected chi connectivity index (χ4v) is 2.74. The molecule has 0 atom stereocenters. The van der Waals surface area contributed by atoms with Crippen LogP contribution < -0.4 is 5.32 Å². The summed E-state index contributed by atoms with van der Waals surface area (Å²) in [5.74, 6) is 0. The van der Waals surface area contributed by atoms with Crippen LogP contribution >= 0.6 is 11.3 Å². The molecule has 0 aliphatic carbocycles. The summed E-state index contributed by atoms with van der Waals surface area (Å²) in [5, 5.41) is 3.91. The third-order valence-corrected chi connectivity index (χ3v) is 3.68. The van der Waals surface area contributed by atoms with Crippen LogP contribution in [0.15, 0.2) is 24.3 Å². The van der Waals surface area contributed by atoms with Gasteiger partial charge in [-0.2, -0.15) is 13.2 Å². The molecule has 1 aromatic carbocycles. The van der Waals surface area contributed by atoms with E-state index < -0.39 is 11.7 Å². The summed E-state index contributed by atoms with van der Waals surface area (Å²) in [6.45, 7) is 0.832. The van der Waals surface area contributed by atoms with E-state index in [9.17, 15) is 13.2 Å². The quantitative estimate of drug-likeness (QED) is 0.886. The molecule has 1 heterocycles. The van der Waals surface area contributed by atoms with E-state index in [1.807, 2.05) is 13.1 Å². The summed E-state index contributed by atoms with van der Waals surface area (Å²) >= 11 is 1.43. The van der Waals surface area contributed by atoms with Gasteiger partial charge in [-0.15, -0.1) is 11.3 Å². The molecule has 0 saturated carbocycles. The lowest BCUT2D eigenvalue weighted by molar-refractivity contribution is -0.137. The Kier molecular flexibility index (Phi) is 3.40. The summed E-state index contributed by atoms with van der Waals surface area (Å²) < 4.78 is 38.3. The van der Waals surface area contributed by atoms with Crippen LogP contribution in [0.25, 0.3) is 10.1 Å². The number of nitrogens with one attached hydrogen (secondary N) is 1. The minimum absolute atomic E-state index is 0.577. The van der Waals surface area contributed by atoms with Crippen LogP contribution in [0.1, 0.15) is 10.4 Å². The Balaban J connectivity index is 2.34. The predicted octanol–water partition coefficient (Wildman–Crippen LogP) is 3.68. The lowest BCUT2D eigenvalue weighted by atomic mass is 10.1. The van der Waals surface area contributed by atoms with Gasteiger partial charge < -0.3 is 5.32 Å². The number of thiophene rings is 1. The van der Waals surface area contributed by atoms with Crippen LogP contribution in [0.5, 0.6) is 0 Å². The topological polar surface area (TPSA) is 12.0 Å². The molecule has 5 heteroatoms. The highest BCUT2D eigenvalue weighted by Crippen LogP contribution is 2.34. The molecule has 2 rings (SSSR count). The SMILES string of the molecule is CNCCc1cc2ccc(C(F)(F)F)cc2s1. The van der Waals surface area contributed by atoms with Gasteiger partial charge in [-0.1, -0.05) is 6.07 Å². The lowest BCUT2D eigenvalue weighted by Crippen LogP contribution is -2.09. The Morgan fingerprint density at radius 3 is 2.65 bits per heavy atom. The number of rotatable bonds is 3. The van der Waals surface area contributed by atoms with E-state index >= 15 is 0 Å². The average Bonchev–Trinajstić information content (AvgIpc) is 2.66. The van der Waals surface area contributed by atoms with Crippen molar-refractivity contribution in [2.24, 2.45) is 0 Å². The standard InChI is InChI=1S/C12H12F3NS/c1-16-5-4-10-6-8-2-3-9(12(13,14)15)7-11(8)17-10/h2-3,6-7,16H,4-5H2,1H3. The molecule has 0 amide bonds. The predicted molar refractivity (Wildman–Crippen MR) is 64.5 cm³/mol. The van der Waals surface area contributed by atoms with Gasteiger partial charge in [0.1, 0.15) is 0 Å². The second-order valence-corrected chi connectivity index (χ2v) is 4.98. The van der Waals surface area contributed by atoms with Crippen LogP contribution in [-0.2, 0) is 12.6 Å². The zero-order valence-corrected chi connectivity index (χ0v) is 10.1. The van der Waals surface area contributed by atoms with Crippen LogP contribution in [0.3, 0.4) is 0 Å². The summed E-state index contributed by atoms with van der Waals surface area (Å²) in [6, 6.07) is 5.86. The Bertz CT molecular complexity index is 516. The van der Waals surface area contributed by atoms with E-state index in [0.29, 0.717) is 4.70 Å². The number of fused-ring (bicyclic) bond motifs is 1. The van der Waals surface area contributed by atoms with Crippen molar-refractivity contribution in [1.29, 1.82) is 0 Å². The Labute approximate surface area is 101 Å². The van der Waals surface area contributed by atoms with Gasteiger partial charge in [-0.25, -0.2) is 0 Å². The van der Waals surface area contributed by atoms with Gasteiger partial charge in [0.05, 0.1) is 5.56 Å². The molecule has 1 nitrogen and oxygen atoms in total. The van der Waals surface area contributed by atoms with Crippen LogP contribution in [0.2, 0.25) is 0 Å². The van der Waals surface area contributed by atoms with Gasteiger partial charge >= 0.3 is 6.18 Å². The molecule has 1 aromatic heterocycles. The highest BCUT2D eigenvalue weighted by atomic mass is 32.1. The molecule has 0 aliphatic rings. The van der Waals surface area contributed by atoms with E-state index in [-0.39, 0.29) is 0 Å². The maximum Gasteiger partial charge on any atom is 0.416 e. The van der Waals surface area contributed by atoms with Crippen LogP contribution in [0, 0.1) is 0 Å². The molecule has 0 saturated heterocycles. The fourth-order valence-electron chi connectivity index (χ4n) is 1.63. The van der Waals surface area contributed by atoms with Gasteiger partial charge in [0, 0.05) is 9.58 Å². The van der Waals surface area contributed by atoms with Gasteiger partial charge in [0.2, 0.25) is 0 Å². The van der Waals surface area contributed by atoms with E-state index in [2.05, 4.69) is 5.32 Å². The van der Waals surface area contributed by atoms with E-state index in [1.54, 1.807) is 0 Å². The summed E-state index contributed by atoms with van der Waals surface area (Å²) in [5.41, 5.74) is -0.577. The van der Waals surface area contributed by atoms with Crippen molar-refractivity contribution in [3.05, 3.63) is 34.7 Å². The van der Waals surface area contributed by atoms with E-state index in [0.717, 1.165) is 29.3 Å². The van der Waals surface area contributed by atoms with Crippen molar-refractivity contribution in [3.8, 4) is 0 Å². The Hall–Kier alpha value is -1.07. The van der Waals surface area contributed by atoms with Crippen molar-refractivity contribution >= 4 is 21.4 Å². The normalized spacial score (nSPS) is 12.2. The van der Waals surface area contributed by atoms with Gasteiger partial charge in [0.15, 0.2) is 0 Å². The van der Waals surface area contributed by atoms with Gasteiger partial charge in [-0.05, 0) is 43.6 Å². The first-order valence-corrected chi connectivity index (χ1v) is 6.06. The summed E-state index contributed by atoms with van der Waals surface area (Å²) in [6.07, 6.45) is -3.42. The third kappa shape index (κ3) is 2.79. The van der Waals surface area contributed by atoms with Crippen molar-refractivity contribution < 1.29 is 13.2 Å². The highest BCUT2D eigenvalue weighted by molar-refractivity contribution is 7.19. The number of hydrogen-bond donors (Lipinski definition) is 1. The molecule has 0 fully saturated rings. The van der Waals surface area contributed by atoms with Crippen LogP contribution in [0.4, 0.5) is 13.2 Å². The van der Waals surface area contributed by atoms with Crippen molar-refractivity contribution in [2.75, 3.05) is 13.6 Å². The zero-order valence-electron chi connectivity index (χ0n) is 9.27. The number of benzene rings is 1. The van der Waals surface area contributed by atoms with Gasteiger partial charge in [0.25, 0.3) is 0 Å². The number of halogens is 3. The molecule has 0 aliphatic heterocycles. The van der Waals surface area contributed by atoms with Crippen molar-refractivity contribution in [1.82, 2.24) is 5.32 Å². The molecule has 2 aromatic rings. The number of likely N-dealkylation sites (N-methyl/N-ethyl adjacent to an activating group) is 1. The Morgan fingerprint density at radius 1 is 1.24 bits per heavy atom. The minimum atomic E-state index is -4.26. The highest BCUT2D eigenvalue weighted by Gasteiger charge is 2.30. The molecule has 17 heavy (non-hydrogen) atoms. The molecular weight excluding hydrogens is 247 g/mol. The van der Waals surface area contributed by atoms with Crippen molar-refractivity contribution in [2.45, 2.75) is 12.6 Å². The smallest absolute Gasteiger partial charge is 0.319 e. The maximum absolute atomic E-state index is 12.5. The molecule has 0 bridgehead atoms. The largest absolute Gasteiger partial charge is 0.416 e. The second kappa shape index (κ2) is 4.66. The molecule has 92 valence electrons. The van der Waals surface area contributed by atoms with Gasteiger partial charge in [-0.3, -0.25) is 0 Å². The molecular formula is C12H12F3NS. The third-order valence-electron chi connectivity index (χ3n) is 2.52. The molecule has 1 N–H and O–H groups in total. The molecule has 0 spiro atoms. The minimum Gasteiger partial charge on any atom is -0.319 e.